The molecule has 0 saturated heterocycles. The van der Waals surface area contributed by atoms with Crippen molar-refractivity contribution in [2.75, 3.05) is 26.4 Å². The molecule has 0 saturated carbocycles. The van der Waals surface area contributed by atoms with Gasteiger partial charge in [0.15, 0.2) is 0 Å². The van der Waals surface area contributed by atoms with E-state index in [0.29, 0.717) is 38.8 Å². The van der Waals surface area contributed by atoms with Crippen LogP contribution in [0.1, 0.15) is 43.9 Å². The standard InChI is InChI=1S/C23H32N2O5Si/c1-4-28-31(29-5-2,30-6-3)16-10-15-24-19-22-18-23(25(26)27)14-13-21(22)17-20-11-8-7-9-12-20/h7-9,11-14,18-19H,4-6,10,15-17H2,1-3H3/b24-19+. The lowest BCUT2D eigenvalue weighted by Gasteiger charge is -2.28. The molecule has 0 amide bonds. The van der Waals surface area contributed by atoms with E-state index in [9.17, 15) is 10.1 Å². The Balaban J connectivity index is 2.09. The van der Waals surface area contributed by atoms with Crippen LogP contribution in [0.2, 0.25) is 6.04 Å². The molecule has 0 N–H and O–H groups in total. The first-order valence-corrected chi connectivity index (χ1v) is 12.7. The van der Waals surface area contributed by atoms with Crippen molar-refractivity contribution in [3.8, 4) is 0 Å². The summed E-state index contributed by atoms with van der Waals surface area (Å²) < 4.78 is 17.6. The molecule has 31 heavy (non-hydrogen) atoms. The minimum Gasteiger partial charge on any atom is -0.374 e. The Hall–Kier alpha value is -2.39. The van der Waals surface area contributed by atoms with Gasteiger partial charge in [0.1, 0.15) is 0 Å². The molecule has 0 aliphatic carbocycles. The number of aliphatic imine (C=N–C) groups is 1. The molecular weight excluding hydrogens is 412 g/mol. The van der Waals surface area contributed by atoms with Crippen molar-refractivity contribution >= 4 is 20.7 Å². The van der Waals surface area contributed by atoms with E-state index in [0.717, 1.165) is 23.1 Å². The van der Waals surface area contributed by atoms with Crippen LogP contribution in [0.15, 0.2) is 53.5 Å². The highest BCUT2D eigenvalue weighted by Gasteiger charge is 2.39. The molecule has 168 valence electrons. The Morgan fingerprint density at radius 2 is 1.65 bits per heavy atom. The Bertz CT molecular complexity index is 828. The highest BCUT2D eigenvalue weighted by Crippen LogP contribution is 2.21. The zero-order chi connectivity index (χ0) is 22.5. The van der Waals surface area contributed by atoms with Gasteiger partial charge < -0.3 is 13.3 Å². The van der Waals surface area contributed by atoms with Gasteiger partial charge in [-0.05, 0) is 44.7 Å². The zero-order valence-corrected chi connectivity index (χ0v) is 19.6. The van der Waals surface area contributed by atoms with Crippen molar-refractivity contribution in [1.29, 1.82) is 0 Å². The highest BCUT2D eigenvalue weighted by molar-refractivity contribution is 6.60. The van der Waals surface area contributed by atoms with Gasteiger partial charge in [-0.25, -0.2) is 0 Å². The summed E-state index contributed by atoms with van der Waals surface area (Å²) in [6.07, 6.45) is 3.18. The van der Waals surface area contributed by atoms with Gasteiger partial charge in [-0.15, -0.1) is 0 Å². The summed E-state index contributed by atoms with van der Waals surface area (Å²) in [4.78, 5) is 15.4. The normalized spacial score (nSPS) is 11.8. The second-order valence-electron chi connectivity index (χ2n) is 6.92. The van der Waals surface area contributed by atoms with E-state index in [1.807, 2.05) is 57.2 Å². The molecule has 0 aromatic heterocycles. The van der Waals surface area contributed by atoms with Crippen molar-refractivity contribution in [1.82, 2.24) is 0 Å². The van der Waals surface area contributed by atoms with Crippen LogP contribution in [0.4, 0.5) is 5.69 Å². The third-order valence-corrected chi connectivity index (χ3v) is 7.82. The molecule has 2 aromatic rings. The molecule has 7 nitrogen and oxygen atoms in total. The van der Waals surface area contributed by atoms with Crippen LogP contribution in [-0.2, 0) is 19.7 Å². The van der Waals surface area contributed by atoms with Gasteiger partial charge in [0.2, 0.25) is 0 Å². The SMILES string of the molecule is CCO[Si](CCC/N=C/c1cc([N+](=O)[O-])ccc1Cc1ccccc1)(OCC)OCC. The summed E-state index contributed by atoms with van der Waals surface area (Å²) in [7, 11) is -2.67. The van der Waals surface area contributed by atoms with E-state index in [1.165, 1.54) is 0 Å². The highest BCUT2D eigenvalue weighted by atomic mass is 28.4. The maximum absolute atomic E-state index is 11.2. The van der Waals surface area contributed by atoms with E-state index < -0.39 is 8.80 Å². The summed E-state index contributed by atoms with van der Waals surface area (Å²) in [5.74, 6) is 0. The maximum atomic E-state index is 11.2. The van der Waals surface area contributed by atoms with Crippen LogP contribution in [0.5, 0.6) is 0 Å². The van der Waals surface area contributed by atoms with Crippen LogP contribution >= 0.6 is 0 Å². The number of hydrogen-bond acceptors (Lipinski definition) is 6. The molecule has 0 fully saturated rings. The molecule has 2 rings (SSSR count). The monoisotopic (exact) mass is 444 g/mol. The number of non-ortho nitro benzene ring substituents is 1. The Kier molecular flexibility index (Phi) is 10.5. The van der Waals surface area contributed by atoms with Crippen molar-refractivity contribution < 1.29 is 18.2 Å². The van der Waals surface area contributed by atoms with E-state index in [2.05, 4.69) is 4.99 Å². The van der Waals surface area contributed by atoms with Gasteiger partial charge in [-0.1, -0.05) is 36.4 Å². The van der Waals surface area contributed by atoms with Crippen LogP contribution in [0, 0.1) is 10.1 Å². The molecule has 8 heteroatoms. The van der Waals surface area contributed by atoms with Gasteiger partial charge in [0.25, 0.3) is 5.69 Å². The molecule has 0 radical (unpaired) electrons. The first-order valence-electron chi connectivity index (χ1n) is 10.8. The summed E-state index contributed by atoms with van der Waals surface area (Å²) in [6.45, 7) is 8.02. The summed E-state index contributed by atoms with van der Waals surface area (Å²) in [5, 5.41) is 11.2. The van der Waals surface area contributed by atoms with Gasteiger partial charge in [0, 0.05) is 56.3 Å². The van der Waals surface area contributed by atoms with Gasteiger partial charge in [-0.2, -0.15) is 0 Å². The van der Waals surface area contributed by atoms with Gasteiger partial charge >= 0.3 is 8.80 Å². The minimum atomic E-state index is -2.67. The molecule has 0 bridgehead atoms. The number of rotatable bonds is 14. The quantitative estimate of drug-likeness (QED) is 0.134. The first-order chi connectivity index (χ1) is 15.0. The van der Waals surface area contributed by atoms with E-state index in [4.69, 9.17) is 13.3 Å². The maximum Gasteiger partial charge on any atom is 0.500 e. The third-order valence-electron chi connectivity index (χ3n) is 4.67. The molecule has 0 spiro atoms. The van der Waals surface area contributed by atoms with Crippen molar-refractivity contribution in [2.24, 2.45) is 4.99 Å². The first kappa shape index (κ1) is 24.9. The van der Waals surface area contributed by atoms with Gasteiger partial charge in [0.05, 0.1) is 4.92 Å². The topological polar surface area (TPSA) is 83.2 Å². The number of benzene rings is 2. The van der Waals surface area contributed by atoms with Crippen LogP contribution in [0.25, 0.3) is 0 Å². The molecule has 0 atom stereocenters. The second-order valence-corrected chi connectivity index (χ2v) is 9.66. The number of hydrogen-bond donors (Lipinski definition) is 0. The largest absolute Gasteiger partial charge is 0.500 e. The average Bonchev–Trinajstić information content (AvgIpc) is 2.75. The lowest BCUT2D eigenvalue weighted by Crippen LogP contribution is -2.46. The predicted molar refractivity (Wildman–Crippen MR) is 125 cm³/mol. The van der Waals surface area contributed by atoms with E-state index in [-0.39, 0.29) is 10.6 Å². The van der Waals surface area contributed by atoms with Gasteiger partial charge in [-0.3, -0.25) is 15.1 Å². The smallest absolute Gasteiger partial charge is 0.374 e. The lowest BCUT2D eigenvalue weighted by molar-refractivity contribution is -0.384. The Labute approximate surface area is 185 Å². The fraction of sp³-hybridized carbons (Fsp3) is 0.435. The molecular formula is C23H32N2O5Si. The van der Waals surface area contributed by atoms with Crippen molar-refractivity contribution in [3.05, 3.63) is 75.3 Å². The zero-order valence-electron chi connectivity index (χ0n) is 18.6. The fourth-order valence-corrected chi connectivity index (χ4v) is 5.94. The number of nitro benzene ring substituents is 1. The minimum absolute atomic E-state index is 0.0636. The van der Waals surface area contributed by atoms with Crippen LogP contribution < -0.4 is 0 Å². The lowest BCUT2D eigenvalue weighted by atomic mass is 10.00. The van der Waals surface area contributed by atoms with Crippen molar-refractivity contribution in [2.45, 2.75) is 39.7 Å². The Morgan fingerprint density at radius 3 is 2.23 bits per heavy atom. The summed E-state index contributed by atoms with van der Waals surface area (Å²) in [6, 6.07) is 15.7. The predicted octanol–water partition coefficient (Wildman–Crippen LogP) is 5.04. The molecule has 0 unspecified atom stereocenters. The molecule has 0 aliphatic heterocycles. The Morgan fingerprint density at radius 1 is 1.00 bits per heavy atom. The van der Waals surface area contributed by atoms with Crippen LogP contribution in [-0.4, -0.2) is 46.3 Å². The number of nitro groups is 1. The molecule has 0 heterocycles. The molecule has 2 aromatic carbocycles. The fourth-order valence-electron chi connectivity index (χ4n) is 3.34. The number of nitrogens with zero attached hydrogens (tertiary/aromatic N) is 2. The van der Waals surface area contributed by atoms with E-state index >= 15 is 0 Å². The van der Waals surface area contributed by atoms with E-state index in [1.54, 1.807) is 18.3 Å². The van der Waals surface area contributed by atoms with Crippen molar-refractivity contribution in [3.63, 3.8) is 0 Å². The molecule has 0 aliphatic rings. The average molecular weight is 445 g/mol. The summed E-state index contributed by atoms with van der Waals surface area (Å²) in [5.41, 5.74) is 2.98. The second kappa shape index (κ2) is 13.1. The summed E-state index contributed by atoms with van der Waals surface area (Å²) >= 11 is 0. The third kappa shape index (κ3) is 7.99. The van der Waals surface area contributed by atoms with Crippen LogP contribution in [0.3, 0.4) is 0 Å².